The highest BCUT2D eigenvalue weighted by Gasteiger charge is 2.34. The number of imidazole rings is 1. The van der Waals surface area contributed by atoms with Crippen LogP contribution in [0.2, 0.25) is 0 Å². The summed E-state index contributed by atoms with van der Waals surface area (Å²) < 4.78 is 8.12. The fourth-order valence-corrected chi connectivity index (χ4v) is 3.77. The fourth-order valence-electron chi connectivity index (χ4n) is 3.05. The van der Waals surface area contributed by atoms with Crippen molar-refractivity contribution in [2.45, 2.75) is 57.7 Å². The van der Waals surface area contributed by atoms with Crippen LogP contribution in [0.25, 0.3) is 4.96 Å². The lowest BCUT2D eigenvalue weighted by atomic mass is 9.86. The Morgan fingerprint density at radius 1 is 1.50 bits per heavy atom. The van der Waals surface area contributed by atoms with E-state index in [1.54, 1.807) is 11.3 Å². The van der Waals surface area contributed by atoms with E-state index in [-0.39, 0.29) is 5.60 Å². The Morgan fingerprint density at radius 3 is 3.10 bits per heavy atom. The first-order valence-electron chi connectivity index (χ1n) is 7.53. The minimum absolute atomic E-state index is 0.0878. The number of nitrogens with one attached hydrogen (secondary N) is 1. The van der Waals surface area contributed by atoms with Crippen LogP contribution in [0.3, 0.4) is 0 Å². The number of rotatable bonds is 5. The molecule has 1 fully saturated rings. The van der Waals surface area contributed by atoms with Gasteiger partial charge >= 0.3 is 0 Å². The summed E-state index contributed by atoms with van der Waals surface area (Å²) in [6.07, 6.45) is 8.59. The topological polar surface area (TPSA) is 38.6 Å². The molecule has 0 bridgehead atoms. The predicted molar refractivity (Wildman–Crippen MR) is 82.2 cm³/mol. The number of hydrogen-bond donors (Lipinski definition) is 1. The molecule has 0 saturated carbocycles. The van der Waals surface area contributed by atoms with Crippen molar-refractivity contribution in [1.82, 2.24) is 14.7 Å². The molecule has 0 spiro atoms. The Labute approximate surface area is 124 Å². The zero-order valence-corrected chi connectivity index (χ0v) is 13.1. The quantitative estimate of drug-likeness (QED) is 0.920. The number of ether oxygens (including phenoxy) is 1. The van der Waals surface area contributed by atoms with E-state index in [1.807, 2.05) is 0 Å². The van der Waals surface area contributed by atoms with Crippen LogP contribution in [0.4, 0.5) is 0 Å². The van der Waals surface area contributed by atoms with Crippen LogP contribution in [-0.4, -0.2) is 27.6 Å². The molecule has 110 valence electrons. The van der Waals surface area contributed by atoms with Gasteiger partial charge in [-0.2, -0.15) is 0 Å². The molecular weight excluding hydrogens is 270 g/mol. The predicted octanol–water partition coefficient (Wildman–Crippen LogP) is 3.22. The summed E-state index contributed by atoms with van der Waals surface area (Å²) in [6.45, 7) is 6.19. The molecule has 20 heavy (non-hydrogen) atoms. The van der Waals surface area contributed by atoms with E-state index in [0.717, 1.165) is 49.5 Å². The van der Waals surface area contributed by atoms with Gasteiger partial charge in [-0.15, -0.1) is 11.3 Å². The van der Waals surface area contributed by atoms with Gasteiger partial charge in [0.1, 0.15) is 0 Å². The van der Waals surface area contributed by atoms with Gasteiger partial charge in [-0.3, -0.25) is 4.40 Å². The smallest absolute Gasteiger partial charge is 0.193 e. The fraction of sp³-hybridized carbons (Fsp3) is 0.667. The summed E-state index contributed by atoms with van der Waals surface area (Å²) in [5.41, 5.74) is 1.21. The number of thiazole rings is 1. The summed E-state index contributed by atoms with van der Waals surface area (Å²) in [4.78, 5) is 5.70. The van der Waals surface area contributed by atoms with E-state index < -0.39 is 0 Å². The molecule has 2 aromatic rings. The molecule has 1 saturated heterocycles. The molecular formula is C15H23N3OS. The monoisotopic (exact) mass is 293 g/mol. The van der Waals surface area contributed by atoms with E-state index in [1.165, 1.54) is 0 Å². The van der Waals surface area contributed by atoms with E-state index in [0.29, 0.717) is 6.04 Å². The Hall–Kier alpha value is -0.910. The highest BCUT2D eigenvalue weighted by molar-refractivity contribution is 7.15. The van der Waals surface area contributed by atoms with Gasteiger partial charge in [0.05, 0.1) is 11.3 Å². The lowest BCUT2D eigenvalue weighted by molar-refractivity contribution is -0.0932. The maximum atomic E-state index is 6.02. The van der Waals surface area contributed by atoms with Crippen molar-refractivity contribution in [3.05, 3.63) is 23.5 Å². The van der Waals surface area contributed by atoms with Crippen molar-refractivity contribution >= 4 is 16.3 Å². The number of aromatic nitrogens is 2. The Bertz CT molecular complexity index is 530. The second kappa shape index (κ2) is 5.84. The van der Waals surface area contributed by atoms with Crippen LogP contribution in [0, 0.1) is 0 Å². The molecule has 2 aromatic heterocycles. The zero-order chi connectivity index (χ0) is 14.0. The van der Waals surface area contributed by atoms with Crippen LogP contribution >= 0.6 is 11.3 Å². The summed E-state index contributed by atoms with van der Waals surface area (Å²) in [5.74, 6) is 0. The van der Waals surface area contributed by atoms with E-state index in [2.05, 4.69) is 46.3 Å². The van der Waals surface area contributed by atoms with Crippen LogP contribution in [0.15, 0.2) is 17.8 Å². The molecule has 1 aliphatic rings. The SMILES string of the molecule is CCC1(CC)CC(NCc2cn3ccsc3n2)CCO1. The van der Waals surface area contributed by atoms with Gasteiger partial charge < -0.3 is 10.1 Å². The summed E-state index contributed by atoms with van der Waals surface area (Å²) in [5, 5.41) is 5.73. The average molecular weight is 293 g/mol. The molecule has 1 unspecified atom stereocenters. The van der Waals surface area contributed by atoms with Crippen LogP contribution in [-0.2, 0) is 11.3 Å². The van der Waals surface area contributed by atoms with Crippen LogP contribution in [0.5, 0.6) is 0 Å². The lowest BCUT2D eigenvalue weighted by Crippen LogP contribution is -2.46. The normalized spacial score (nSPS) is 22.4. The molecule has 0 aromatic carbocycles. The second-order valence-electron chi connectivity index (χ2n) is 5.63. The van der Waals surface area contributed by atoms with Gasteiger partial charge in [0.25, 0.3) is 0 Å². The Kier molecular flexibility index (Phi) is 4.10. The molecule has 3 rings (SSSR count). The number of fused-ring (bicyclic) bond motifs is 1. The molecule has 5 heteroatoms. The van der Waals surface area contributed by atoms with Crippen molar-refractivity contribution in [2.24, 2.45) is 0 Å². The van der Waals surface area contributed by atoms with Crippen molar-refractivity contribution < 1.29 is 4.74 Å². The largest absolute Gasteiger partial charge is 0.375 e. The third-order valence-corrected chi connectivity index (χ3v) is 5.27. The third-order valence-electron chi connectivity index (χ3n) is 4.50. The molecule has 1 aliphatic heterocycles. The number of nitrogens with zero attached hydrogens (tertiary/aromatic N) is 2. The Balaban J connectivity index is 1.59. The maximum Gasteiger partial charge on any atom is 0.193 e. The molecule has 1 N–H and O–H groups in total. The summed E-state index contributed by atoms with van der Waals surface area (Å²) in [6, 6.07) is 0.545. The first-order chi connectivity index (χ1) is 9.74. The van der Waals surface area contributed by atoms with E-state index in [9.17, 15) is 0 Å². The maximum absolute atomic E-state index is 6.02. The highest BCUT2D eigenvalue weighted by Crippen LogP contribution is 2.31. The van der Waals surface area contributed by atoms with Gasteiger partial charge in [0.15, 0.2) is 4.96 Å². The van der Waals surface area contributed by atoms with Gasteiger partial charge in [-0.1, -0.05) is 13.8 Å². The summed E-state index contributed by atoms with van der Waals surface area (Å²) in [7, 11) is 0. The van der Waals surface area contributed by atoms with Gasteiger partial charge in [0, 0.05) is 37.0 Å². The second-order valence-corrected chi connectivity index (χ2v) is 6.51. The summed E-state index contributed by atoms with van der Waals surface area (Å²) >= 11 is 1.68. The van der Waals surface area contributed by atoms with Crippen molar-refractivity contribution in [1.29, 1.82) is 0 Å². The average Bonchev–Trinajstić information content (AvgIpc) is 3.06. The van der Waals surface area contributed by atoms with Crippen molar-refractivity contribution in [2.75, 3.05) is 6.61 Å². The molecule has 1 atom stereocenters. The van der Waals surface area contributed by atoms with E-state index >= 15 is 0 Å². The lowest BCUT2D eigenvalue weighted by Gasteiger charge is -2.40. The third kappa shape index (κ3) is 2.75. The zero-order valence-electron chi connectivity index (χ0n) is 12.3. The first-order valence-corrected chi connectivity index (χ1v) is 8.41. The van der Waals surface area contributed by atoms with Crippen LogP contribution in [0.1, 0.15) is 45.2 Å². The molecule has 0 radical (unpaired) electrons. The van der Waals surface area contributed by atoms with Crippen molar-refractivity contribution in [3.63, 3.8) is 0 Å². The standard InChI is InChI=1S/C15H23N3OS/c1-3-15(4-2)9-12(5-7-19-15)16-10-13-11-18-6-8-20-14(18)17-13/h6,8,11-12,16H,3-5,7,9-10H2,1-2H3. The molecule has 0 aliphatic carbocycles. The minimum atomic E-state index is 0.0878. The molecule has 0 amide bonds. The molecule has 3 heterocycles. The van der Waals surface area contributed by atoms with Gasteiger partial charge in [-0.25, -0.2) is 4.98 Å². The Morgan fingerprint density at radius 2 is 2.35 bits per heavy atom. The minimum Gasteiger partial charge on any atom is -0.375 e. The van der Waals surface area contributed by atoms with E-state index in [4.69, 9.17) is 4.74 Å². The van der Waals surface area contributed by atoms with Crippen LogP contribution < -0.4 is 5.32 Å². The van der Waals surface area contributed by atoms with Gasteiger partial charge in [-0.05, 0) is 25.7 Å². The van der Waals surface area contributed by atoms with Crippen molar-refractivity contribution in [3.8, 4) is 0 Å². The number of hydrogen-bond acceptors (Lipinski definition) is 4. The molecule has 4 nitrogen and oxygen atoms in total. The highest BCUT2D eigenvalue weighted by atomic mass is 32.1. The first kappa shape index (κ1) is 14.0. The van der Waals surface area contributed by atoms with Gasteiger partial charge in [0.2, 0.25) is 0 Å².